The van der Waals surface area contributed by atoms with E-state index in [4.69, 9.17) is 16.6 Å². The maximum Gasteiger partial charge on any atom is 0.266 e. The zero-order chi connectivity index (χ0) is 23.0. The molecule has 4 rings (SSSR count). The lowest BCUT2D eigenvalue weighted by molar-refractivity contribution is -0.121. The number of thioether (sulfide) groups is 1. The summed E-state index contributed by atoms with van der Waals surface area (Å²) < 4.78 is 1.61. The third kappa shape index (κ3) is 6.00. The highest BCUT2D eigenvalue weighted by Gasteiger charge is 2.13. The van der Waals surface area contributed by atoms with Gasteiger partial charge in [0.15, 0.2) is 5.16 Å². The molecule has 0 aliphatic carbocycles. The first-order valence-electron chi connectivity index (χ1n) is 10.7. The Morgan fingerprint density at radius 2 is 1.94 bits per heavy atom. The van der Waals surface area contributed by atoms with Gasteiger partial charge in [-0.2, -0.15) is 0 Å². The number of carbonyl (C=O) groups is 1. The molecule has 4 aromatic rings. The van der Waals surface area contributed by atoms with E-state index in [2.05, 4.69) is 10.3 Å². The summed E-state index contributed by atoms with van der Waals surface area (Å²) in [4.78, 5) is 34.1. The number of rotatable bonds is 9. The second kappa shape index (κ2) is 11.1. The largest absolute Gasteiger partial charge is 0.352 e. The zero-order valence-corrected chi connectivity index (χ0v) is 19.5. The van der Waals surface area contributed by atoms with Crippen molar-refractivity contribution in [2.45, 2.75) is 31.0 Å². The van der Waals surface area contributed by atoms with Crippen LogP contribution < -0.4 is 10.9 Å². The van der Waals surface area contributed by atoms with Crippen LogP contribution in [0.15, 0.2) is 83.0 Å². The van der Waals surface area contributed by atoms with E-state index in [1.807, 2.05) is 42.5 Å². The van der Waals surface area contributed by atoms with Gasteiger partial charge in [0.1, 0.15) is 0 Å². The van der Waals surface area contributed by atoms with Crippen molar-refractivity contribution in [1.82, 2.24) is 19.9 Å². The van der Waals surface area contributed by atoms with E-state index in [0.29, 0.717) is 39.7 Å². The highest BCUT2D eigenvalue weighted by Crippen LogP contribution is 2.24. The summed E-state index contributed by atoms with van der Waals surface area (Å²) in [6.07, 6.45) is 5.48. The first kappa shape index (κ1) is 23.0. The molecular formula is C25H23ClN4O2S. The smallest absolute Gasteiger partial charge is 0.266 e. The third-order valence-electron chi connectivity index (χ3n) is 5.05. The summed E-state index contributed by atoms with van der Waals surface area (Å²) in [7, 11) is 0. The molecule has 1 amide bonds. The lowest BCUT2D eigenvalue weighted by Crippen LogP contribution is -2.22. The molecule has 0 saturated heterocycles. The van der Waals surface area contributed by atoms with Crippen LogP contribution in [0.5, 0.6) is 0 Å². The number of halogens is 1. The number of benzene rings is 2. The van der Waals surface area contributed by atoms with Gasteiger partial charge in [0.05, 0.1) is 16.6 Å². The number of nitrogens with one attached hydrogen (secondary N) is 1. The minimum absolute atomic E-state index is 0.0171. The predicted octanol–water partition coefficient (Wildman–Crippen LogP) is 5.01. The topological polar surface area (TPSA) is 76.9 Å². The van der Waals surface area contributed by atoms with Gasteiger partial charge >= 0.3 is 0 Å². The molecule has 0 radical (unpaired) electrons. The van der Waals surface area contributed by atoms with Crippen molar-refractivity contribution in [1.29, 1.82) is 0 Å². The van der Waals surface area contributed by atoms with E-state index < -0.39 is 0 Å². The molecule has 0 unspecified atom stereocenters. The highest BCUT2D eigenvalue weighted by molar-refractivity contribution is 7.99. The second-order valence-electron chi connectivity index (χ2n) is 7.48. The quantitative estimate of drug-likeness (QED) is 0.208. The van der Waals surface area contributed by atoms with E-state index in [-0.39, 0.29) is 11.5 Å². The Hall–Kier alpha value is -3.16. The van der Waals surface area contributed by atoms with Crippen LogP contribution in [-0.4, -0.2) is 26.2 Å². The van der Waals surface area contributed by atoms with Crippen LogP contribution in [0.1, 0.15) is 24.8 Å². The standard InChI is InChI=1S/C25H23ClN4O2S/c26-19-8-5-9-20(15-19)30-24(32)21-10-1-2-11-22(21)29-25(30)33-14-4-3-12-23(31)28-17-18-7-6-13-27-16-18/h1-2,5-11,13,15-16H,3-4,12,14,17H2,(H,28,31). The van der Waals surface area contributed by atoms with Crippen LogP contribution in [0.3, 0.4) is 0 Å². The van der Waals surface area contributed by atoms with Gasteiger partial charge in [0, 0.05) is 36.1 Å². The van der Waals surface area contributed by atoms with Crippen molar-refractivity contribution in [2.24, 2.45) is 0 Å². The van der Waals surface area contributed by atoms with E-state index in [9.17, 15) is 9.59 Å². The lowest BCUT2D eigenvalue weighted by atomic mass is 10.2. The van der Waals surface area contributed by atoms with Crippen LogP contribution in [0.4, 0.5) is 0 Å². The Bertz CT molecular complexity index is 1310. The first-order valence-corrected chi connectivity index (χ1v) is 12.0. The third-order valence-corrected chi connectivity index (χ3v) is 6.31. The van der Waals surface area contributed by atoms with Crippen LogP contribution in [0.25, 0.3) is 16.6 Å². The van der Waals surface area contributed by atoms with Crippen molar-refractivity contribution >= 4 is 40.2 Å². The Kier molecular flexibility index (Phi) is 7.75. The number of hydrogen-bond donors (Lipinski definition) is 1. The van der Waals surface area contributed by atoms with Crippen molar-refractivity contribution in [3.63, 3.8) is 0 Å². The monoisotopic (exact) mass is 478 g/mol. The number of carbonyl (C=O) groups excluding carboxylic acids is 1. The van der Waals surface area contributed by atoms with Gasteiger partial charge in [-0.15, -0.1) is 0 Å². The van der Waals surface area contributed by atoms with Gasteiger partial charge in [-0.25, -0.2) is 4.98 Å². The van der Waals surface area contributed by atoms with Gasteiger partial charge in [-0.1, -0.05) is 47.6 Å². The van der Waals surface area contributed by atoms with Gasteiger partial charge in [0.25, 0.3) is 5.56 Å². The van der Waals surface area contributed by atoms with Gasteiger partial charge in [-0.3, -0.25) is 19.1 Å². The molecule has 33 heavy (non-hydrogen) atoms. The average Bonchev–Trinajstić information content (AvgIpc) is 2.83. The number of aromatic nitrogens is 3. The molecule has 0 saturated carbocycles. The number of fused-ring (bicyclic) bond motifs is 1. The predicted molar refractivity (Wildman–Crippen MR) is 133 cm³/mol. The minimum atomic E-state index is -0.125. The Morgan fingerprint density at radius 1 is 1.06 bits per heavy atom. The zero-order valence-electron chi connectivity index (χ0n) is 17.9. The summed E-state index contributed by atoms with van der Waals surface area (Å²) in [6.45, 7) is 0.481. The van der Waals surface area contributed by atoms with E-state index in [1.165, 1.54) is 11.8 Å². The van der Waals surface area contributed by atoms with E-state index >= 15 is 0 Å². The molecule has 2 aromatic heterocycles. The molecule has 1 N–H and O–H groups in total. The van der Waals surface area contributed by atoms with Crippen LogP contribution in [-0.2, 0) is 11.3 Å². The van der Waals surface area contributed by atoms with Crippen molar-refractivity contribution in [3.8, 4) is 5.69 Å². The maximum atomic E-state index is 13.2. The molecule has 0 fully saturated rings. The second-order valence-corrected chi connectivity index (χ2v) is 8.97. The minimum Gasteiger partial charge on any atom is -0.352 e. The molecule has 168 valence electrons. The lowest BCUT2D eigenvalue weighted by Gasteiger charge is -2.13. The molecule has 0 aliphatic heterocycles. The van der Waals surface area contributed by atoms with Crippen LogP contribution in [0, 0.1) is 0 Å². The summed E-state index contributed by atoms with van der Waals surface area (Å²) in [5, 5.41) is 4.65. The number of para-hydroxylation sites is 1. The van der Waals surface area contributed by atoms with Gasteiger partial charge in [-0.05, 0) is 54.8 Å². The van der Waals surface area contributed by atoms with Gasteiger partial charge in [0.2, 0.25) is 5.91 Å². The fourth-order valence-electron chi connectivity index (χ4n) is 3.39. The molecule has 6 nitrogen and oxygen atoms in total. The fraction of sp³-hybridized carbons (Fsp3) is 0.200. The Labute approximate surface area is 201 Å². The summed E-state index contributed by atoms with van der Waals surface area (Å²) in [5.41, 5.74) is 2.20. The van der Waals surface area contributed by atoms with Gasteiger partial charge < -0.3 is 5.32 Å². The first-order chi connectivity index (χ1) is 16.1. The Balaban J connectivity index is 1.39. The van der Waals surface area contributed by atoms with E-state index in [0.717, 1.165) is 24.2 Å². The average molecular weight is 479 g/mol. The van der Waals surface area contributed by atoms with Crippen LogP contribution in [0.2, 0.25) is 5.02 Å². The van der Waals surface area contributed by atoms with Crippen LogP contribution >= 0.6 is 23.4 Å². The van der Waals surface area contributed by atoms with Crippen molar-refractivity contribution < 1.29 is 4.79 Å². The van der Waals surface area contributed by atoms with Crippen molar-refractivity contribution in [2.75, 3.05) is 5.75 Å². The maximum absolute atomic E-state index is 13.2. The SMILES string of the molecule is O=C(CCCCSc1nc2ccccc2c(=O)n1-c1cccc(Cl)c1)NCc1cccnc1. The molecule has 8 heteroatoms. The molecule has 2 heterocycles. The summed E-state index contributed by atoms with van der Waals surface area (Å²) in [5.74, 6) is 0.754. The Morgan fingerprint density at radius 3 is 2.76 bits per heavy atom. The molecule has 2 aromatic carbocycles. The van der Waals surface area contributed by atoms with E-state index in [1.54, 1.807) is 35.2 Å². The normalized spacial score (nSPS) is 10.9. The number of unbranched alkanes of at least 4 members (excludes halogenated alkanes) is 1. The molecular weight excluding hydrogens is 456 g/mol. The number of nitrogens with zero attached hydrogens (tertiary/aromatic N) is 3. The molecule has 0 aliphatic rings. The molecule has 0 spiro atoms. The molecule has 0 atom stereocenters. The number of amides is 1. The summed E-state index contributed by atoms with van der Waals surface area (Å²) >= 11 is 7.68. The molecule has 0 bridgehead atoms. The number of pyridine rings is 1. The summed E-state index contributed by atoms with van der Waals surface area (Å²) in [6, 6.07) is 18.3. The fourth-order valence-corrected chi connectivity index (χ4v) is 4.59. The highest BCUT2D eigenvalue weighted by atomic mass is 35.5. The number of hydrogen-bond acceptors (Lipinski definition) is 5. The van der Waals surface area contributed by atoms with Crippen molar-refractivity contribution in [3.05, 3.63) is 94.0 Å².